The Morgan fingerprint density at radius 3 is 2.43 bits per heavy atom. The van der Waals surface area contributed by atoms with E-state index in [1.54, 1.807) is 25.8 Å². The van der Waals surface area contributed by atoms with E-state index >= 15 is 0 Å². The summed E-state index contributed by atoms with van der Waals surface area (Å²) in [6.45, 7) is 5.35. The molecule has 3 unspecified atom stereocenters. The summed E-state index contributed by atoms with van der Waals surface area (Å²) in [6.07, 6.45) is 0.0789. The molecule has 0 radical (unpaired) electrons. The highest BCUT2D eigenvalue weighted by Crippen LogP contribution is 2.22. The lowest BCUT2D eigenvalue weighted by Crippen LogP contribution is -2.33. The maximum Gasteiger partial charge on any atom is 0.407 e. The number of esters is 1. The van der Waals surface area contributed by atoms with Crippen LogP contribution in [-0.2, 0) is 34.3 Å². The number of Topliss-reactive ketones (excluding diaryl/α,β-unsaturated/α-hetero) is 2. The third kappa shape index (κ3) is 10.0. The zero-order chi connectivity index (χ0) is 25.8. The molecule has 0 bridgehead atoms. The lowest BCUT2D eigenvalue weighted by molar-refractivity contribution is -0.154. The number of cyclic esters (lactones) is 1. The van der Waals surface area contributed by atoms with Crippen LogP contribution in [0.25, 0.3) is 0 Å². The normalized spacial score (nSPS) is 18.6. The summed E-state index contributed by atoms with van der Waals surface area (Å²) in [7, 11) is 1.57. The Hall–Kier alpha value is -2.39. The summed E-state index contributed by atoms with van der Waals surface area (Å²) in [5, 5.41) is 2.48. The van der Waals surface area contributed by atoms with Crippen LogP contribution in [0.1, 0.15) is 45.6 Å². The minimum atomic E-state index is -0.937. The van der Waals surface area contributed by atoms with Gasteiger partial charge in [-0.1, -0.05) is 44.2 Å². The number of alkyl carbamates (subject to hydrolysis) is 1. The summed E-state index contributed by atoms with van der Waals surface area (Å²) in [5.41, 5.74) is 1.24. The van der Waals surface area contributed by atoms with Gasteiger partial charge in [-0.15, -0.1) is 0 Å². The van der Waals surface area contributed by atoms with Crippen molar-refractivity contribution in [3.05, 3.63) is 35.9 Å². The molecule has 1 saturated heterocycles. The van der Waals surface area contributed by atoms with Gasteiger partial charge in [0.1, 0.15) is 24.1 Å². The smallest absolute Gasteiger partial charge is 0.407 e. The Kier molecular flexibility index (Phi) is 12.3. The first-order chi connectivity index (χ1) is 16.7. The monoisotopic (exact) mass is 507 g/mol. The number of hydrogen-bond acceptors (Lipinski definition) is 8. The van der Waals surface area contributed by atoms with Gasteiger partial charge in [0, 0.05) is 36.9 Å². The van der Waals surface area contributed by atoms with E-state index in [0.717, 1.165) is 11.5 Å². The summed E-state index contributed by atoms with van der Waals surface area (Å²) < 4.78 is 15.6. The number of ether oxygens (including phenoxy) is 3. The number of methoxy groups -OCH3 is 1. The molecule has 1 aliphatic rings. The van der Waals surface area contributed by atoms with Crippen molar-refractivity contribution in [3.63, 3.8) is 0 Å². The Morgan fingerprint density at radius 2 is 1.80 bits per heavy atom. The van der Waals surface area contributed by atoms with Crippen molar-refractivity contribution in [3.8, 4) is 0 Å². The fourth-order valence-electron chi connectivity index (χ4n) is 3.88. The molecule has 1 aliphatic heterocycles. The van der Waals surface area contributed by atoms with E-state index < -0.39 is 30.0 Å². The summed E-state index contributed by atoms with van der Waals surface area (Å²) in [5.74, 6) is -0.599. The maximum absolute atomic E-state index is 12.8. The van der Waals surface area contributed by atoms with Crippen LogP contribution in [0.3, 0.4) is 0 Å². The molecule has 1 aromatic rings. The average Bonchev–Trinajstić information content (AvgIpc) is 3.28. The molecule has 1 amide bonds. The van der Waals surface area contributed by atoms with Gasteiger partial charge in [0.15, 0.2) is 6.10 Å². The summed E-state index contributed by atoms with van der Waals surface area (Å²) in [6, 6.07) is 10.2. The van der Waals surface area contributed by atoms with E-state index in [0.29, 0.717) is 19.3 Å². The molecule has 35 heavy (non-hydrogen) atoms. The molecular formula is C26H37NO7S. The highest BCUT2D eigenvalue weighted by molar-refractivity contribution is 7.98. The van der Waals surface area contributed by atoms with E-state index in [9.17, 15) is 19.2 Å². The molecule has 8 nitrogen and oxygen atoms in total. The first-order valence-electron chi connectivity index (χ1n) is 12.0. The molecule has 0 aliphatic carbocycles. The number of benzene rings is 1. The van der Waals surface area contributed by atoms with Gasteiger partial charge < -0.3 is 19.5 Å². The zero-order valence-electron chi connectivity index (χ0n) is 21.0. The second-order valence-corrected chi connectivity index (χ2v) is 10.2. The van der Waals surface area contributed by atoms with Crippen LogP contribution in [0.5, 0.6) is 0 Å². The van der Waals surface area contributed by atoms with Crippen LogP contribution in [0, 0.1) is 17.8 Å². The van der Waals surface area contributed by atoms with E-state index in [2.05, 4.69) is 17.4 Å². The van der Waals surface area contributed by atoms with Crippen molar-refractivity contribution in [2.75, 3.05) is 26.0 Å². The van der Waals surface area contributed by atoms with Gasteiger partial charge in [-0.05, 0) is 25.3 Å². The third-order valence-electron chi connectivity index (χ3n) is 6.15. The number of amides is 1. The van der Waals surface area contributed by atoms with Crippen LogP contribution in [0.15, 0.2) is 30.3 Å². The third-order valence-corrected chi connectivity index (χ3v) is 7.18. The van der Waals surface area contributed by atoms with Gasteiger partial charge in [-0.3, -0.25) is 14.4 Å². The topological polar surface area (TPSA) is 108 Å². The molecule has 2 rings (SSSR count). The molecule has 1 N–H and O–H groups in total. The van der Waals surface area contributed by atoms with Crippen LogP contribution in [0.4, 0.5) is 4.79 Å². The molecule has 9 heteroatoms. The lowest BCUT2D eigenvalue weighted by atomic mass is 9.87. The van der Waals surface area contributed by atoms with Crippen LogP contribution < -0.4 is 5.32 Å². The highest BCUT2D eigenvalue weighted by Gasteiger charge is 2.31. The molecular weight excluding hydrogens is 470 g/mol. The first kappa shape index (κ1) is 28.8. The van der Waals surface area contributed by atoms with Gasteiger partial charge in [-0.2, -0.15) is 11.8 Å². The lowest BCUT2D eigenvalue weighted by Gasteiger charge is -2.23. The fraction of sp³-hybridized carbons (Fsp3) is 0.615. The molecule has 1 aromatic carbocycles. The molecule has 0 aromatic heterocycles. The molecule has 5 atom stereocenters. The van der Waals surface area contributed by atoms with E-state index in [1.165, 1.54) is 12.5 Å². The minimum Gasteiger partial charge on any atom is -0.461 e. The Morgan fingerprint density at radius 1 is 1.11 bits per heavy atom. The average molecular weight is 508 g/mol. The van der Waals surface area contributed by atoms with Crippen molar-refractivity contribution >= 4 is 35.4 Å². The van der Waals surface area contributed by atoms with Crippen LogP contribution >= 0.6 is 11.8 Å². The summed E-state index contributed by atoms with van der Waals surface area (Å²) >= 11 is 1.74. The zero-order valence-corrected chi connectivity index (χ0v) is 21.8. The second kappa shape index (κ2) is 14.9. The van der Waals surface area contributed by atoms with Crippen LogP contribution in [0.2, 0.25) is 0 Å². The van der Waals surface area contributed by atoms with Gasteiger partial charge in [0.25, 0.3) is 0 Å². The minimum absolute atomic E-state index is 0.0898. The van der Waals surface area contributed by atoms with Crippen molar-refractivity contribution in [1.82, 2.24) is 5.32 Å². The predicted octanol–water partition coefficient (Wildman–Crippen LogP) is 3.80. The molecule has 0 saturated carbocycles. The van der Waals surface area contributed by atoms with Gasteiger partial charge >= 0.3 is 12.1 Å². The second-order valence-electron chi connectivity index (χ2n) is 9.05. The van der Waals surface area contributed by atoms with E-state index in [4.69, 9.17) is 14.2 Å². The molecule has 1 heterocycles. The van der Waals surface area contributed by atoms with Gasteiger partial charge in [-0.25, -0.2) is 4.79 Å². The van der Waals surface area contributed by atoms with Crippen molar-refractivity contribution in [2.24, 2.45) is 17.8 Å². The van der Waals surface area contributed by atoms with Crippen molar-refractivity contribution < 1.29 is 33.4 Å². The van der Waals surface area contributed by atoms with E-state index in [1.807, 2.05) is 25.1 Å². The Balaban J connectivity index is 1.71. The number of nitrogens with one attached hydrogen (secondary N) is 1. The Labute approximate surface area is 211 Å². The summed E-state index contributed by atoms with van der Waals surface area (Å²) in [4.78, 5) is 48.7. The Bertz CT molecular complexity index is 847. The highest BCUT2D eigenvalue weighted by atomic mass is 32.2. The fourth-order valence-corrected chi connectivity index (χ4v) is 4.79. The van der Waals surface area contributed by atoms with Gasteiger partial charge in [0.2, 0.25) is 0 Å². The number of hydrogen-bond donors (Lipinski definition) is 1. The number of rotatable bonds is 16. The van der Waals surface area contributed by atoms with E-state index in [-0.39, 0.29) is 36.7 Å². The van der Waals surface area contributed by atoms with Crippen LogP contribution in [-0.4, -0.2) is 61.9 Å². The van der Waals surface area contributed by atoms with Crippen molar-refractivity contribution in [2.45, 2.75) is 58.0 Å². The van der Waals surface area contributed by atoms with Gasteiger partial charge in [0.05, 0.1) is 12.6 Å². The standard InChI is InChI=1S/C26H37NO7S/c1-17(23(28)10-11-35-16-20-8-6-5-7-9-20)12-21(32-4)13-18(2)24(29)19(3)25(30)33-15-22-14-27-26(31)34-22/h5-9,17-19,21-22H,10-16H2,1-4H3,(H,27,31)/t17-,18-,19?,21?,22?/m1/s1. The predicted molar refractivity (Wildman–Crippen MR) is 134 cm³/mol. The molecule has 194 valence electrons. The number of carbonyl (C=O) groups excluding carboxylic acids is 4. The quantitative estimate of drug-likeness (QED) is 0.204. The SMILES string of the molecule is COC(C[C@@H](C)C(=O)CCSCc1ccccc1)C[C@@H](C)C(=O)C(C)C(=O)OCC1CNC(=O)O1. The molecule has 0 spiro atoms. The number of thioether (sulfide) groups is 1. The molecule has 1 fully saturated rings. The number of ketones is 2. The first-order valence-corrected chi connectivity index (χ1v) is 13.2. The van der Waals surface area contributed by atoms with Crippen molar-refractivity contribution in [1.29, 1.82) is 0 Å². The maximum atomic E-state index is 12.8. The largest absolute Gasteiger partial charge is 0.461 e. The number of carbonyl (C=O) groups is 4.